The van der Waals surface area contributed by atoms with Gasteiger partial charge in [0.15, 0.2) is 5.82 Å². The van der Waals surface area contributed by atoms with Crippen LogP contribution in [0, 0.1) is 0 Å². The van der Waals surface area contributed by atoms with Crippen molar-refractivity contribution in [1.29, 1.82) is 0 Å². The first-order chi connectivity index (χ1) is 20.1. The molecule has 4 N–H and O–H groups in total. The fourth-order valence-electron chi connectivity index (χ4n) is 5.90. The van der Waals surface area contributed by atoms with E-state index < -0.39 is 13.1 Å². The van der Waals surface area contributed by atoms with Crippen molar-refractivity contribution >= 4 is 58.8 Å². The van der Waals surface area contributed by atoms with E-state index in [1.54, 1.807) is 19.4 Å². The van der Waals surface area contributed by atoms with Gasteiger partial charge in [-0.15, -0.1) is 0 Å². The van der Waals surface area contributed by atoms with Crippen LogP contribution in [0.25, 0.3) is 0 Å². The van der Waals surface area contributed by atoms with E-state index in [-0.39, 0.29) is 11.5 Å². The highest BCUT2D eigenvalue weighted by atomic mass is 35.5. The number of aromatic nitrogens is 2. The van der Waals surface area contributed by atoms with Crippen LogP contribution in [0.15, 0.2) is 42.6 Å². The lowest BCUT2D eigenvalue weighted by molar-refractivity contribution is 0.0697. The molecule has 3 aromatic rings. The number of carboxylic acids is 1. The van der Waals surface area contributed by atoms with Gasteiger partial charge in [-0.1, -0.05) is 30.7 Å². The smallest absolute Gasteiger partial charge is 0.337 e. The number of benzene rings is 2. The summed E-state index contributed by atoms with van der Waals surface area (Å²) < 4.78 is 12.8. The third-order valence-corrected chi connectivity index (χ3v) is 9.81. The molecule has 0 amide bonds. The molecule has 1 aromatic heterocycles. The van der Waals surface area contributed by atoms with Crippen molar-refractivity contribution in [2.24, 2.45) is 0 Å². The molecule has 5 rings (SSSR count). The van der Waals surface area contributed by atoms with Crippen molar-refractivity contribution in [3.8, 4) is 0 Å². The van der Waals surface area contributed by atoms with Crippen molar-refractivity contribution < 1.29 is 14.5 Å². The highest BCUT2D eigenvalue weighted by molar-refractivity contribution is 7.70. The van der Waals surface area contributed by atoms with E-state index in [2.05, 4.69) is 35.7 Å². The topological polar surface area (TPSA) is 123 Å². The Labute approximate surface area is 252 Å². The van der Waals surface area contributed by atoms with E-state index in [1.165, 1.54) is 6.20 Å². The van der Waals surface area contributed by atoms with Gasteiger partial charge in [-0.05, 0) is 62.4 Å². The second-order valence-electron chi connectivity index (χ2n) is 11.2. The number of aryl methyl sites for hydroxylation is 1. The Morgan fingerprint density at radius 3 is 2.50 bits per heavy atom. The molecule has 12 heteroatoms. The molecule has 2 aliphatic heterocycles. The summed E-state index contributed by atoms with van der Waals surface area (Å²) in [4.78, 5) is 26.2. The number of hydrogen-bond acceptors (Lipinski definition) is 9. The summed E-state index contributed by atoms with van der Waals surface area (Å²) in [5.74, 6) is -0.348. The number of rotatable bonds is 9. The second kappa shape index (κ2) is 13.0. The minimum Gasteiger partial charge on any atom is -0.478 e. The van der Waals surface area contributed by atoms with Crippen molar-refractivity contribution in [3.63, 3.8) is 0 Å². The Bertz CT molecular complexity index is 1480. The maximum absolute atomic E-state index is 12.8. The summed E-state index contributed by atoms with van der Waals surface area (Å²) in [5, 5.41) is 21.0. The number of halogens is 1. The van der Waals surface area contributed by atoms with Crippen LogP contribution in [0.3, 0.4) is 0 Å². The molecule has 224 valence electrons. The van der Waals surface area contributed by atoms with Crippen LogP contribution in [-0.4, -0.2) is 84.6 Å². The van der Waals surface area contributed by atoms with E-state index in [0.717, 1.165) is 63.4 Å². The fourth-order valence-corrected chi connectivity index (χ4v) is 7.19. The van der Waals surface area contributed by atoms with Gasteiger partial charge < -0.3 is 30.5 Å². The highest BCUT2D eigenvalue weighted by Gasteiger charge is 2.29. The lowest BCUT2D eigenvalue weighted by Crippen LogP contribution is -2.52. The number of hydrogen-bond donors (Lipinski definition) is 4. The maximum atomic E-state index is 12.8. The Morgan fingerprint density at radius 2 is 1.83 bits per heavy atom. The average Bonchev–Trinajstić information content (AvgIpc) is 2.98. The number of piperidine rings is 1. The van der Waals surface area contributed by atoms with Crippen molar-refractivity contribution in [1.82, 2.24) is 20.2 Å². The van der Waals surface area contributed by atoms with Crippen LogP contribution >= 0.6 is 18.7 Å². The first-order valence-corrected chi connectivity index (χ1v) is 17.4. The number of para-hydroxylation sites is 1. The Kier molecular flexibility index (Phi) is 9.38. The number of carbonyl (C=O) groups is 1. The first kappa shape index (κ1) is 30.3. The molecule has 42 heavy (non-hydrogen) atoms. The zero-order valence-electron chi connectivity index (χ0n) is 24.4. The Morgan fingerprint density at radius 1 is 1.12 bits per heavy atom. The molecule has 0 aliphatic carbocycles. The molecule has 3 heterocycles. The van der Waals surface area contributed by atoms with Crippen LogP contribution in [0.1, 0.15) is 35.7 Å². The number of aromatic carboxylic acids is 1. The lowest BCUT2D eigenvalue weighted by Gasteiger charge is -2.41. The molecule has 10 nitrogen and oxygen atoms in total. The lowest BCUT2D eigenvalue weighted by atomic mass is 9.97. The molecule has 2 fully saturated rings. The molecular weight excluding hydrogens is 573 g/mol. The summed E-state index contributed by atoms with van der Waals surface area (Å²) in [6.07, 6.45) is 4.20. The maximum Gasteiger partial charge on any atom is 0.337 e. The largest absolute Gasteiger partial charge is 0.478 e. The minimum absolute atomic E-state index is 0.263. The summed E-state index contributed by atoms with van der Waals surface area (Å²) in [7, 11) is -2.56. The summed E-state index contributed by atoms with van der Waals surface area (Å²) in [5.41, 5.74) is 3.27. The molecule has 2 aromatic carbocycles. The van der Waals surface area contributed by atoms with E-state index in [4.69, 9.17) is 11.6 Å². The quantitative estimate of drug-likeness (QED) is 0.246. The van der Waals surface area contributed by atoms with Crippen LogP contribution in [0.5, 0.6) is 0 Å². The summed E-state index contributed by atoms with van der Waals surface area (Å²) >= 11 is 6.42. The molecule has 0 bridgehead atoms. The number of carboxylic acid groups (broad SMARTS) is 1. The van der Waals surface area contributed by atoms with Gasteiger partial charge in [0, 0.05) is 56.3 Å². The van der Waals surface area contributed by atoms with E-state index in [0.29, 0.717) is 40.0 Å². The third kappa shape index (κ3) is 6.89. The van der Waals surface area contributed by atoms with Crippen molar-refractivity contribution in [2.45, 2.75) is 32.2 Å². The number of anilines is 5. The summed E-state index contributed by atoms with van der Waals surface area (Å²) in [6, 6.07) is 11.5. The standard InChI is InChI=1S/C30H39ClN7O3P/c1-4-20-17-21(18-23(29(39)40)27(20)38-13-9-22(10-14-38)37-15-11-32-12-16-37)34-30-33-19-24(31)28(36-30)35-25-7-5-6-8-26(25)42(2,3)41/h5-8,17-19,22,32H,4,9-16H2,1-3H3,(H,39,40)(H2,33,34,35,36). The summed E-state index contributed by atoms with van der Waals surface area (Å²) in [6.45, 7) is 11.3. The Balaban J connectivity index is 1.38. The van der Waals surface area contributed by atoms with Gasteiger partial charge in [-0.2, -0.15) is 4.98 Å². The van der Waals surface area contributed by atoms with Crippen molar-refractivity contribution in [2.75, 3.05) is 68.1 Å². The molecule has 0 unspecified atom stereocenters. The second-order valence-corrected chi connectivity index (χ2v) is 14.8. The monoisotopic (exact) mass is 611 g/mol. The van der Waals surface area contributed by atoms with Gasteiger partial charge in [-0.25, -0.2) is 9.78 Å². The van der Waals surface area contributed by atoms with E-state index in [9.17, 15) is 14.5 Å². The molecule has 0 spiro atoms. The van der Waals surface area contributed by atoms with E-state index >= 15 is 0 Å². The Hall–Kier alpha value is -3.17. The van der Waals surface area contributed by atoms with Gasteiger partial charge in [0.05, 0.1) is 23.1 Å². The van der Waals surface area contributed by atoms with Crippen molar-refractivity contribution in [3.05, 3.63) is 58.7 Å². The minimum atomic E-state index is -2.56. The predicted octanol–water partition coefficient (Wildman–Crippen LogP) is 5.00. The molecule has 0 saturated carbocycles. The van der Waals surface area contributed by atoms with Crippen LogP contribution in [-0.2, 0) is 11.0 Å². The molecular formula is C30H39ClN7O3P. The zero-order valence-corrected chi connectivity index (χ0v) is 26.0. The van der Waals surface area contributed by atoms with Gasteiger partial charge in [-0.3, -0.25) is 4.90 Å². The number of nitrogens with one attached hydrogen (secondary N) is 3. The number of piperazine rings is 1. The predicted molar refractivity (Wildman–Crippen MR) is 172 cm³/mol. The average molecular weight is 612 g/mol. The van der Waals surface area contributed by atoms with Crippen LogP contribution in [0.2, 0.25) is 5.02 Å². The normalized spacial score (nSPS) is 16.8. The van der Waals surface area contributed by atoms with Gasteiger partial charge in [0.2, 0.25) is 5.95 Å². The van der Waals surface area contributed by atoms with Gasteiger partial charge >= 0.3 is 5.97 Å². The molecule has 2 saturated heterocycles. The van der Waals surface area contributed by atoms with Gasteiger partial charge in [0.1, 0.15) is 12.2 Å². The molecule has 0 atom stereocenters. The third-order valence-electron chi connectivity index (χ3n) is 7.99. The molecule has 0 radical (unpaired) electrons. The van der Waals surface area contributed by atoms with Crippen LogP contribution < -0.4 is 26.2 Å². The first-order valence-electron chi connectivity index (χ1n) is 14.4. The fraction of sp³-hybridized carbons (Fsp3) is 0.433. The molecule has 2 aliphatic rings. The highest BCUT2D eigenvalue weighted by Crippen LogP contribution is 2.39. The SMILES string of the molecule is CCc1cc(Nc2ncc(Cl)c(Nc3ccccc3P(C)(C)=O)n2)cc(C(=O)O)c1N1CCC(N2CCNCC2)CC1. The van der Waals surface area contributed by atoms with Gasteiger partial charge in [0.25, 0.3) is 0 Å². The zero-order chi connectivity index (χ0) is 29.9. The number of nitrogens with zero attached hydrogens (tertiary/aromatic N) is 4. The van der Waals surface area contributed by atoms with Crippen LogP contribution in [0.4, 0.5) is 28.8 Å². The van der Waals surface area contributed by atoms with E-state index in [1.807, 2.05) is 37.3 Å².